The monoisotopic (exact) mass is 302 g/mol. The molecule has 116 valence electrons. The number of carboxylic acid groups (broad SMARTS) is 1. The van der Waals surface area contributed by atoms with E-state index in [0.29, 0.717) is 12.4 Å². The maximum atomic E-state index is 12.8. The van der Waals surface area contributed by atoms with Crippen molar-refractivity contribution in [3.05, 3.63) is 65.5 Å². The molecule has 4 heteroatoms. The number of carbonyl (C=O) groups is 1. The van der Waals surface area contributed by atoms with E-state index in [1.807, 2.05) is 13.8 Å². The van der Waals surface area contributed by atoms with E-state index < -0.39 is 11.9 Å². The Kier molecular flexibility index (Phi) is 5.15. The molecule has 22 heavy (non-hydrogen) atoms. The number of benzene rings is 2. The Hall–Kier alpha value is -2.36. The molecule has 0 fully saturated rings. The standard InChI is InChI=1S/C18H19FO3/c1-12(2)17(18(20)21)14-5-9-16(10-6-14)22-11-13-3-7-15(19)8-4-13/h3-10,12,17H,11H2,1-2H3,(H,20,21). The summed E-state index contributed by atoms with van der Waals surface area (Å²) in [7, 11) is 0. The van der Waals surface area contributed by atoms with Crippen LogP contribution in [0.25, 0.3) is 0 Å². The SMILES string of the molecule is CC(C)C(C(=O)O)c1ccc(OCc2ccc(F)cc2)cc1. The van der Waals surface area contributed by atoms with Gasteiger partial charge in [0.05, 0.1) is 5.92 Å². The molecular weight excluding hydrogens is 283 g/mol. The van der Waals surface area contributed by atoms with Gasteiger partial charge in [0.2, 0.25) is 0 Å². The molecule has 0 radical (unpaired) electrons. The molecule has 0 saturated heterocycles. The highest BCUT2D eigenvalue weighted by atomic mass is 19.1. The molecule has 0 heterocycles. The molecule has 2 rings (SSSR count). The van der Waals surface area contributed by atoms with Crippen molar-refractivity contribution < 1.29 is 19.0 Å². The first-order valence-corrected chi connectivity index (χ1v) is 7.17. The maximum Gasteiger partial charge on any atom is 0.311 e. The second-order valence-corrected chi connectivity index (χ2v) is 5.54. The quantitative estimate of drug-likeness (QED) is 0.868. The highest BCUT2D eigenvalue weighted by Gasteiger charge is 2.23. The Labute approximate surface area is 129 Å². The van der Waals surface area contributed by atoms with Crippen LogP contribution in [0.15, 0.2) is 48.5 Å². The first kappa shape index (κ1) is 16.0. The molecule has 2 aromatic rings. The molecule has 1 unspecified atom stereocenters. The molecule has 0 aliphatic carbocycles. The van der Waals surface area contributed by atoms with Crippen molar-refractivity contribution in [2.75, 3.05) is 0 Å². The van der Waals surface area contributed by atoms with Crippen molar-refractivity contribution in [1.82, 2.24) is 0 Å². The second-order valence-electron chi connectivity index (χ2n) is 5.54. The number of ether oxygens (including phenoxy) is 1. The van der Waals surface area contributed by atoms with E-state index in [0.717, 1.165) is 11.1 Å². The molecule has 1 atom stereocenters. The van der Waals surface area contributed by atoms with Gasteiger partial charge in [-0.2, -0.15) is 0 Å². The van der Waals surface area contributed by atoms with Crippen LogP contribution in [-0.4, -0.2) is 11.1 Å². The van der Waals surface area contributed by atoms with Crippen LogP contribution in [0.3, 0.4) is 0 Å². The minimum Gasteiger partial charge on any atom is -0.489 e. The lowest BCUT2D eigenvalue weighted by Gasteiger charge is -2.17. The summed E-state index contributed by atoms with van der Waals surface area (Å²) < 4.78 is 18.4. The number of hydrogen-bond donors (Lipinski definition) is 1. The highest BCUT2D eigenvalue weighted by molar-refractivity contribution is 5.76. The van der Waals surface area contributed by atoms with Crippen molar-refractivity contribution in [1.29, 1.82) is 0 Å². The van der Waals surface area contributed by atoms with Crippen LogP contribution >= 0.6 is 0 Å². The molecule has 0 spiro atoms. The van der Waals surface area contributed by atoms with Gasteiger partial charge >= 0.3 is 5.97 Å². The van der Waals surface area contributed by atoms with Crippen LogP contribution in [0.1, 0.15) is 30.9 Å². The summed E-state index contributed by atoms with van der Waals surface area (Å²) >= 11 is 0. The first-order valence-electron chi connectivity index (χ1n) is 7.17. The van der Waals surface area contributed by atoms with Gasteiger partial charge in [0.15, 0.2) is 0 Å². The van der Waals surface area contributed by atoms with E-state index in [2.05, 4.69) is 0 Å². The molecule has 3 nitrogen and oxygen atoms in total. The van der Waals surface area contributed by atoms with E-state index in [-0.39, 0.29) is 11.7 Å². The number of halogens is 1. The Morgan fingerprint density at radius 2 is 1.68 bits per heavy atom. The molecule has 2 aromatic carbocycles. The van der Waals surface area contributed by atoms with Gasteiger partial charge in [-0.15, -0.1) is 0 Å². The summed E-state index contributed by atoms with van der Waals surface area (Å²) in [5.41, 5.74) is 1.63. The van der Waals surface area contributed by atoms with Crippen LogP contribution in [-0.2, 0) is 11.4 Å². The van der Waals surface area contributed by atoms with Crippen molar-refractivity contribution in [2.24, 2.45) is 5.92 Å². The zero-order chi connectivity index (χ0) is 16.1. The van der Waals surface area contributed by atoms with Crippen molar-refractivity contribution >= 4 is 5.97 Å². The largest absolute Gasteiger partial charge is 0.489 e. The van der Waals surface area contributed by atoms with E-state index >= 15 is 0 Å². The zero-order valence-electron chi connectivity index (χ0n) is 12.6. The van der Waals surface area contributed by atoms with Gasteiger partial charge in [0.25, 0.3) is 0 Å². The number of carboxylic acids is 1. The summed E-state index contributed by atoms with van der Waals surface area (Å²) in [4.78, 5) is 11.3. The van der Waals surface area contributed by atoms with Crippen molar-refractivity contribution in [3.8, 4) is 5.75 Å². The number of aliphatic carboxylic acids is 1. The third-order valence-corrected chi connectivity index (χ3v) is 3.49. The molecule has 0 bridgehead atoms. The topological polar surface area (TPSA) is 46.5 Å². The summed E-state index contributed by atoms with van der Waals surface area (Å²) in [6.45, 7) is 4.11. The van der Waals surface area contributed by atoms with E-state index in [9.17, 15) is 14.3 Å². The van der Waals surface area contributed by atoms with Crippen molar-refractivity contribution in [3.63, 3.8) is 0 Å². The maximum absolute atomic E-state index is 12.8. The van der Waals surface area contributed by atoms with Crippen LogP contribution in [0, 0.1) is 11.7 Å². The van der Waals surface area contributed by atoms with Gasteiger partial charge in [-0.3, -0.25) is 4.79 Å². The Balaban J connectivity index is 2.02. The lowest BCUT2D eigenvalue weighted by Crippen LogP contribution is -2.17. The summed E-state index contributed by atoms with van der Waals surface area (Å²) in [5, 5.41) is 9.28. The number of hydrogen-bond acceptors (Lipinski definition) is 2. The third kappa shape index (κ3) is 4.07. The number of rotatable bonds is 6. The average Bonchev–Trinajstić information content (AvgIpc) is 2.47. The van der Waals surface area contributed by atoms with E-state index in [1.54, 1.807) is 36.4 Å². The predicted molar refractivity (Wildman–Crippen MR) is 82.4 cm³/mol. The minimum atomic E-state index is -0.824. The molecule has 0 aromatic heterocycles. The fraction of sp³-hybridized carbons (Fsp3) is 0.278. The Morgan fingerprint density at radius 1 is 1.09 bits per heavy atom. The average molecular weight is 302 g/mol. The minimum absolute atomic E-state index is 0.0171. The van der Waals surface area contributed by atoms with Crippen LogP contribution < -0.4 is 4.74 Å². The Bertz CT molecular complexity index is 618. The molecule has 0 aliphatic heterocycles. The van der Waals surface area contributed by atoms with Crippen LogP contribution in [0.5, 0.6) is 5.75 Å². The smallest absolute Gasteiger partial charge is 0.311 e. The Morgan fingerprint density at radius 3 is 2.18 bits per heavy atom. The summed E-state index contributed by atoms with van der Waals surface area (Å²) in [5.74, 6) is -0.952. The summed E-state index contributed by atoms with van der Waals surface area (Å²) in [6, 6.07) is 13.2. The second kappa shape index (κ2) is 7.07. The van der Waals surface area contributed by atoms with Crippen LogP contribution in [0.2, 0.25) is 0 Å². The first-order chi connectivity index (χ1) is 10.5. The molecule has 0 aliphatic rings. The van der Waals surface area contributed by atoms with Crippen molar-refractivity contribution in [2.45, 2.75) is 26.4 Å². The molecule has 0 saturated carbocycles. The lowest BCUT2D eigenvalue weighted by atomic mass is 9.88. The van der Waals surface area contributed by atoms with Crippen LogP contribution in [0.4, 0.5) is 4.39 Å². The van der Waals surface area contributed by atoms with Gasteiger partial charge in [0, 0.05) is 0 Å². The van der Waals surface area contributed by atoms with Gasteiger partial charge in [-0.25, -0.2) is 4.39 Å². The van der Waals surface area contributed by atoms with Gasteiger partial charge in [0.1, 0.15) is 18.2 Å². The highest BCUT2D eigenvalue weighted by Crippen LogP contribution is 2.26. The predicted octanol–water partition coefficient (Wildman–Crippen LogP) is 4.23. The third-order valence-electron chi connectivity index (χ3n) is 3.49. The molecule has 0 amide bonds. The normalized spacial score (nSPS) is 12.2. The zero-order valence-corrected chi connectivity index (χ0v) is 12.6. The molecule has 1 N–H and O–H groups in total. The van der Waals surface area contributed by atoms with Gasteiger partial charge in [-0.1, -0.05) is 38.1 Å². The molecular formula is C18H19FO3. The fourth-order valence-electron chi connectivity index (χ4n) is 2.33. The lowest BCUT2D eigenvalue weighted by molar-refractivity contribution is -0.139. The van der Waals surface area contributed by atoms with Gasteiger partial charge < -0.3 is 9.84 Å². The van der Waals surface area contributed by atoms with E-state index in [1.165, 1.54) is 12.1 Å². The van der Waals surface area contributed by atoms with Gasteiger partial charge in [-0.05, 0) is 41.3 Å². The summed E-state index contributed by atoms with van der Waals surface area (Å²) in [6.07, 6.45) is 0. The van der Waals surface area contributed by atoms with E-state index in [4.69, 9.17) is 4.74 Å². The fourth-order valence-corrected chi connectivity index (χ4v) is 2.33.